The van der Waals surface area contributed by atoms with Crippen LogP contribution < -0.4 is 12.4 Å². The monoisotopic (exact) mass is 348 g/mol. The molecular weight excluding hydrogens is 334 g/mol. The van der Waals surface area contributed by atoms with Crippen molar-refractivity contribution >= 4 is 37.4 Å². The molecule has 0 aliphatic rings. The normalized spacial score (nSPS) is 10.9. The van der Waals surface area contributed by atoms with Gasteiger partial charge in [0.2, 0.25) is 0 Å². The van der Waals surface area contributed by atoms with Gasteiger partial charge in [0.1, 0.15) is 0 Å². The largest absolute Gasteiger partial charge is 1.00 e. The van der Waals surface area contributed by atoms with Crippen molar-refractivity contribution in [2.24, 2.45) is 0 Å². The molecule has 0 aliphatic heterocycles. The number of nitrogens with zero attached hydrogens (tertiary/aromatic N) is 1. The summed E-state index contributed by atoms with van der Waals surface area (Å²) in [5, 5.41) is 12.5. The number of likely N-dealkylation sites (N-methyl/N-ethyl adjacent to an activating group) is 1. The van der Waals surface area contributed by atoms with E-state index >= 15 is 0 Å². The van der Waals surface area contributed by atoms with E-state index in [0.717, 1.165) is 24.1 Å². The SMILES string of the molecule is CCN(CCO)Cc1csc2c(Br)cccc12.[Cl-]. The van der Waals surface area contributed by atoms with Gasteiger partial charge in [0.05, 0.1) is 6.61 Å². The Balaban J connectivity index is 0.00000162. The highest BCUT2D eigenvalue weighted by Crippen LogP contribution is 2.32. The van der Waals surface area contributed by atoms with Crippen molar-refractivity contribution in [2.45, 2.75) is 13.5 Å². The Morgan fingerprint density at radius 3 is 2.83 bits per heavy atom. The fourth-order valence-corrected chi connectivity index (χ4v) is 3.54. The first-order valence-electron chi connectivity index (χ1n) is 5.74. The van der Waals surface area contributed by atoms with Crippen molar-refractivity contribution in [2.75, 3.05) is 19.7 Å². The molecule has 2 nitrogen and oxygen atoms in total. The van der Waals surface area contributed by atoms with Crippen LogP contribution in [0.2, 0.25) is 0 Å². The Bertz CT molecular complexity index is 503. The van der Waals surface area contributed by atoms with E-state index in [1.165, 1.54) is 15.6 Å². The topological polar surface area (TPSA) is 23.5 Å². The van der Waals surface area contributed by atoms with Crippen LogP contribution in [0, 0.1) is 0 Å². The molecule has 0 amide bonds. The second-order valence-corrected chi connectivity index (χ2v) is 5.70. The van der Waals surface area contributed by atoms with Crippen molar-refractivity contribution in [1.29, 1.82) is 0 Å². The van der Waals surface area contributed by atoms with Crippen LogP contribution in [-0.4, -0.2) is 29.7 Å². The highest BCUT2D eigenvalue weighted by molar-refractivity contribution is 9.10. The average Bonchev–Trinajstić information content (AvgIpc) is 2.73. The Morgan fingerprint density at radius 2 is 2.17 bits per heavy atom. The van der Waals surface area contributed by atoms with Gasteiger partial charge in [-0.2, -0.15) is 0 Å². The Morgan fingerprint density at radius 1 is 1.39 bits per heavy atom. The van der Waals surface area contributed by atoms with Crippen LogP contribution in [0.15, 0.2) is 28.1 Å². The van der Waals surface area contributed by atoms with Crippen LogP contribution in [0.5, 0.6) is 0 Å². The summed E-state index contributed by atoms with van der Waals surface area (Å²) < 4.78 is 2.47. The number of aliphatic hydroxyl groups excluding tert-OH is 1. The third-order valence-corrected chi connectivity index (χ3v) is 4.89. The van der Waals surface area contributed by atoms with Gasteiger partial charge in [0.15, 0.2) is 0 Å². The van der Waals surface area contributed by atoms with E-state index < -0.39 is 0 Å². The Kier molecular flexibility index (Phi) is 6.60. The van der Waals surface area contributed by atoms with Gasteiger partial charge >= 0.3 is 0 Å². The van der Waals surface area contributed by atoms with E-state index in [9.17, 15) is 0 Å². The predicted octanol–water partition coefficient (Wildman–Crippen LogP) is 0.482. The Labute approximate surface area is 126 Å². The molecule has 0 fully saturated rings. The molecule has 0 saturated carbocycles. The standard InChI is InChI=1S/C13H16BrNOS.ClH/c1-2-15(6-7-16)8-10-9-17-13-11(10)4-3-5-12(13)14;/h3-5,9,16H,2,6-8H2,1H3;1H/p-1. The molecule has 0 unspecified atom stereocenters. The second-order valence-electron chi connectivity index (χ2n) is 3.97. The van der Waals surface area contributed by atoms with Crippen LogP contribution in [-0.2, 0) is 6.54 Å². The number of hydrogen-bond acceptors (Lipinski definition) is 3. The second kappa shape index (κ2) is 7.46. The first kappa shape index (κ1) is 15.9. The van der Waals surface area contributed by atoms with Crippen molar-refractivity contribution in [3.8, 4) is 0 Å². The summed E-state index contributed by atoms with van der Waals surface area (Å²) in [7, 11) is 0. The summed E-state index contributed by atoms with van der Waals surface area (Å²) in [6, 6.07) is 6.32. The van der Waals surface area contributed by atoms with Gasteiger partial charge in [-0.3, -0.25) is 4.90 Å². The van der Waals surface area contributed by atoms with E-state index in [-0.39, 0.29) is 19.0 Å². The summed E-state index contributed by atoms with van der Waals surface area (Å²) in [6.45, 7) is 4.96. The molecule has 100 valence electrons. The van der Waals surface area contributed by atoms with E-state index in [4.69, 9.17) is 5.11 Å². The summed E-state index contributed by atoms with van der Waals surface area (Å²) in [5.41, 5.74) is 1.35. The maximum Gasteiger partial charge on any atom is 0.0558 e. The lowest BCUT2D eigenvalue weighted by atomic mass is 10.1. The predicted molar refractivity (Wildman–Crippen MR) is 77.6 cm³/mol. The number of thiophene rings is 1. The summed E-state index contributed by atoms with van der Waals surface area (Å²) >= 11 is 5.36. The van der Waals surface area contributed by atoms with Crippen molar-refractivity contribution in [3.63, 3.8) is 0 Å². The molecule has 0 radical (unpaired) electrons. The number of hydrogen-bond donors (Lipinski definition) is 1. The van der Waals surface area contributed by atoms with Crippen molar-refractivity contribution in [1.82, 2.24) is 4.90 Å². The fraction of sp³-hybridized carbons (Fsp3) is 0.385. The molecule has 1 aromatic carbocycles. The van der Waals surface area contributed by atoms with Crippen molar-refractivity contribution in [3.05, 3.63) is 33.6 Å². The molecule has 0 aliphatic carbocycles. The van der Waals surface area contributed by atoms with Gasteiger partial charge in [-0.25, -0.2) is 0 Å². The van der Waals surface area contributed by atoms with Gasteiger partial charge in [-0.15, -0.1) is 11.3 Å². The maximum atomic E-state index is 9.01. The summed E-state index contributed by atoms with van der Waals surface area (Å²) in [4.78, 5) is 2.25. The van der Waals surface area contributed by atoms with Gasteiger partial charge in [0, 0.05) is 22.3 Å². The van der Waals surface area contributed by atoms with Crippen LogP contribution in [0.25, 0.3) is 10.1 Å². The highest BCUT2D eigenvalue weighted by atomic mass is 79.9. The number of halogens is 2. The summed E-state index contributed by atoms with van der Waals surface area (Å²) in [5.74, 6) is 0. The molecule has 0 atom stereocenters. The minimum absolute atomic E-state index is 0. The van der Waals surface area contributed by atoms with Gasteiger partial charge < -0.3 is 17.5 Å². The maximum absolute atomic E-state index is 9.01. The quantitative estimate of drug-likeness (QED) is 0.849. The molecule has 0 bridgehead atoms. The van der Waals surface area contributed by atoms with Crippen LogP contribution in [0.3, 0.4) is 0 Å². The molecule has 5 heteroatoms. The average molecular weight is 350 g/mol. The minimum Gasteiger partial charge on any atom is -1.00 e. The third-order valence-electron chi connectivity index (χ3n) is 2.89. The van der Waals surface area contributed by atoms with Gasteiger partial charge in [-0.1, -0.05) is 19.1 Å². The fourth-order valence-electron chi connectivity index (χ4n) is 1.93. The van der Waals surface area contributed by atoms with E-state index in [0.29, 0.717) is 0 Å². The summed E-state index contributed by atoms with van der Waals surface area (Å²) in [6.07, 6.45) is 0. The molecule has 1 aromatic heterocycles. The minimum atomic E-state index is 0. The molecule has 2 rings (SSSR count). The number of benzene rings is 1. The smallest absolute Gasteiger partial charge is 0.0558 e. The highest BCUT2D eigenvalue weighted by Gasteiger charge is 2.09. The van der Waals surface area contributed by atoms with E-state index in [2.05, 4.69) is 51.3 Å². The van der Waals surface area contributed by atoms with E-state index in [1.54, 1.807) is 11.3 Å². The zero-order chi connectivity index (χ0) is 12.3. The van der Waals surface area contributed by atoms with Gasteiger partial charge in [0.25, 0.3) is 0 Å². The molecule has 2 aromatic rings. The van der Waals surface area contributed by atoms with Crippen LogP contribution in [0.1, 0.15) is 12.5 Å². The van der Waals surface area contributed by atoms with Crippen LogP contribution >= 0.6 is 27.3 Å². The van der Waals surface area contributed by atoms with Crippen molar-refractivity contribution < 1.29 is 17.5 Å². The van der Waals surface area contributed by atoms with Gasteiger partial charge in [-0.05, 0) is 44.9 Å². The lowest BCUT2D eigenvalue weighted by molar-refractivity contribution is -0.00000445. The Hall–Kier alpha value is -0.130. The lowest BCUT2D eigenvalue weighted by Crippen LogP contribution is -3.00. The molecule has 1 N–H and O–H groups in total. The zero-order valence-electron chi connectivity index (χ0n) is 10.2. The zero-order valence-corrected chi connectivity index (χ0v) is 13.4. The molecule has 0 saturated heterocycles. The van der Waals surface area contributed by atoms with E-state index in [1.807, 2.05) is 0 Å². The number of fused-ring (bicyclic) bond motifs is 1. The lowest BCUT2D eigenvalue weighted by Gasteiger charge is -2.18. The first-order chi connectivity index (χ1) is 8.26. The first-order valence-corrected chi connectivity index (χ1v) is 7.41. The molecule has 18 heavy (non-hydrogen) atoms. The number of rotatable bonds is 5. The third kappa shape index (κ3) is 3.45. The molecule has 0 spiro atoms. The number of aliphatic hydroxyl groups is 1. The van der Waals surface area contributed by atoms with Crippen LogP contribution in [0.4, 0.5) is 0 Å². The molecular formula is C13H16BrClNOS-. The molecule has 1 heterocycles.